The predicted octanol–water partition coefficient (Wildman–Crippen LogP) is 2.53. The Morgan fingerprint density at radius 1 is 1.14 bits per heavy atom. The lowest BCUT2D eigenvalue weighted by molar-refractivity contribution is 0.102. The summed E-state index contributed by atoms with van der Waals surface area (Å²) in [5.41, 5.74) is 6.00. The number of hydrogen-bond donors (Lipinski definition) is 2. The molecule has 0 spiro atoms. The van der Waals surface area contributed by atoms with E-state index < -0.39 is 17.5 Å². The summed E-state index contributed by atoms with van der Waals surface area (Å²) >= 11 is 0. The van der Waals surface area contributed by atoms with Crippen LogP contribution in [0.5, 0.6) is 0 Å². The lowest BCUT2D eigenvalue weighted by Gasteiger charge is -2.06. The largest absolute Gasteiger partial charge is 0.322 e. The molecule has 21 heavy (non-hydrogen) atoms. The molecule has 0 saturated heterocycles. The van der Waals surface area contributed by atoms with Gasteiger partial charge in [0.05, 0.1) is 12.1 Å². The molecule has 106 valence electrons. The number of carbonyl (C=O) groups is 1. The Labute approximate surface area is 120 Å². The highest BCUT2D eigenvalue weighted by Gasteiger charge is 2.08. The summed E-state index contributed by atoms with van der Waals surface area (Å²) in [5.74, 6) is 3.71. The zero-order chi connectivity index (χ0) is 15.2. The zero-order valence-corrected chi connectivity index (χ0v) is 11.0. The van der Waals surface area contributed by atoms with Gasteiger partial charge in [-0.25, -0.2) is 8.78 Å². The number of amides is 1. The Kier molecular flexibility index (Phi) is 4.64. The molecule has 0 fully saturated rings. The molecule has 0 atom stereocenters. The van der Waals surface area contributed by atoms with E-state index in [1.54, 1.807) is 0 Å². The highest BCUT2D eigenvalue weighted by Crippen LogP contribution is 2.15. The van der Waals surface area contributed by atoms with E-state index >= 15 is 0 Å². The lowest BCUT2D eigenvalue weighted by Crippen LogP contribution is -2.12. The Bertz CT molecular complexity index is 715. The maximum atomic E-state index is 13.7. The summed E-state index contributed by atoms with van der Waals surface area (Å²) in [6, 6.07) is 9.22. The molecule has 5 heteroatoms. The fraction of sp³-hybridized carbons (Fsp3) is 0.0625. The molecule has 0 saturated carbocycles. The summed E-state index contributed by atoms with van der Waals surface area (Å²) in [6.07, 6.45) is 0. The fourth-order valence-electron chi connectivity index (χ4n) is 1.65. The van der Waals surface area contributed by atoms with E-state index in [1.165, 1.54) is 42.5 Å². The van der Waals surface area contributed by atoms with E-state index in [0.717, 1.165) is 0 Å². The normalized spacial score (nSPS) is 9.67. The molecule has 0 radical (unpaired) electrons. The minimum atomic E-state index is -0.548. The average molecular weight is 286 g/mol. The number of nitrogens with one attached hydrogen (secondary N) is 1. The molecule has 0 unspecified atom stereocenters. The van der Waals surface area contributed by atoms with Gasteiger partial charge in [-0.15, -0.1) is 0 Å². The molecule has 3 N–H and O–H groups in total. The Morgan fingerprint density at radius 3 is 2.48 bits per heavy atom. The molecule has 0 heterocycles. The molecule has 0 aliphatic carbocycles. The summed E-state index contributed by atoms with van der Waals surface area (Å²) in [5, 5.41) is 2.53. The molecule has 0 bridgehead atoms. The number of benzene rings is 2. The van der Waals surface area contributed by atoms with Crippen molar-refractivity contribution in [1.82, 2.24) is 0 Å². The topological polar surface area (TPSA) is 55.1 Å². The summed E-state index contributed by atoms with van der Waals surface area (Å²) in [4.78, 5) is 11.9. The first kappa shape index (κ1) is 14.7. The Balaban J connectivity index is 2.14. The van der Waals surface area contributed by atoms with E-state index in [4.69, 9.17) is 5.73 Å². The highest BCUT2D eigenvalue weighted by molar-refractivity contribution is 6.04. The second-order valence-electron chi connectivity index (χ2n) is 4.16. The van der Waals surface area contributed by atoms with Crippen LogP contribution in [0, 0.1) is 23.5 Å². The van der Waals surface area contributed by atoms with Gasteiger partial charge in [0, 0.05) is 11.3 Å². The average Bonchev–Trinajstić information content (AvgIpc) is 2.47. The van der Waals surface area contributed by atoms with Gasteiger partial charge in [0.25, 0.3) is 5.91 Å². The summed E-state index contributed by atoms with van der Waals surface area (Å²) < 4.78 is 26.5. The SMILES string of the molecule is NCC#Cc1ccc(NC(=O)c2ccc(F)cc2)cc1F. The Morgan fingerprint density at radius 2 is 1.86 bits per heavy atom. The van der Waals surface area contributed by atoms with Gasteiger partial charge in [-0.1, -0.05) is 11.8 Å². The lowest BCUT2D eigenvalue weighted by atomic mass is 10.1. The van der Waals surface area contributed by atoms with Gasteiger partial charge < -0.3 is 11.1 Å². The number of nitrogens with two attached hydrogens (primary N) is 1. The van der Waals surface area contributed by atoms with Gasteiger partial charge in [-0.2, -0.15) is 0 Å². The molecule has 2 aromatic carbocycles. The smallest absolute Gasteiger partial charge is 0.255 e. The minimum absolute atomic E-state index is 0.141. The van der Waals surface area contributed by atoms with E-state index in [1.807, 2.05) is 0 Å². The number of carbonyl (C=O) groups excluding carboxylic acids is 1. The fourth-order valence-corrected chi connectivity index (χ4v) is 1.65. The third kappa shape index (κ3) is 3.88. The van der Waals surface area contributed by atoms with Gasteiger partial charge in [-0.05, 0) is 42.5 Å². The van der Waals surface area contributed by atoms with Crippen molar-refractivity contribution in [2.75, 3.05) is 11.9 Å². The molecule has 3 nitrogen and oxygen atoms in total. The van der Waals surface area contributed by atoms with E-state index in [0.29, 0.717) is 5.69 Å². The quantitative estimate of drug-likeness (QED) is 0.834. The molecule has 0 aliphatic heterocycles. The molecule has 1 amide bonds. The predicted molar refractivity (Wildman–Crippen MR) is 76.7 cm³/mol. The van der Waals surface area contributed by atoms with Crippen LogP contribution in [0.4, 0.5) is 14.5 Å². The summed E-state index contributed by atoms with van der Waals surface area (Å²) in [6.45, 7) is 0.141. The van der Waals surface area contributed by atoms with Crippen molar-refractivity contribution in [3.63, 3.8) is 0 Å². The van der Waals surface area contributed by atoms with Gasteiger partial charge in [0.1, 0.15) is 11.6 Å². The molecule has 0 aromatic heterocycles. The maximum absolute atomic E-state index is 13.7. The van der Waals surface area contributed by atoms with Crippen LogP contribution in [0.2, 0.25) is 0 Å². The highest BCUT2D eigenvalue weighted by atomic mass is 19.1. The zero-order valence-electron chi connectivity index (χ0n) is 11.0. The van der Waals surface area contributed by atoms with Gasteiger partial charge in [-0.3, -0.25) is 4.79 Å². The van der Waals surface area contributed by atoms with Gasteiger partial charge in [0.2, 0.25) is 0 Å². The first-order chi connectivity index (χ1) is 10.1. The number of anilines is 1. The number of hydrogen-bond acceptors (Lipinski definition) is 2. The first-order valence-electron chi connectivity index (χ1n) is 6.15. The summed E-state index contributed by atoms with van der Waals surface area (Å²) in [7, 11) is 0. The third-order valence-corrected chi connectivity index (χ3v) is 2.66. The van der Waals surface area contributed by atoms with Crippen LogP contribution in [0.1, 0.15) is 15.9 Å². The van der Waals surface area contributed by atoms with E-state index in [2.05, 4.69) is 17.2 Å². The number of rotatable bonds is 2. The van der Waals surface area contributed by atoms with Crippen molar-refractivity contribution >= 4 is 11.6 Å². The van der Waals surface area contributed by atoms with Crippen LogP contribution in [-0.4, -0.2) is 12.5 Å². The van der Waals surface area contributed by atoms with Crippen LogP contribution < -0.4 is 11.1 Å². The molecule has 2 aromatic rings. The van der Waals surface area contributed by atoms with Crippen LogP contribution in [0.25, 0.3) is 0 Å². The van der Waals surface area contributed by atoms with E-state index in [9.17, 15) is 13.6 Å². The van der Waals surface area contributed by atoms with Gasteiger partial charge >= 0.3 is 0 Å². The number of halogens is 2. The second kappa shape index (κ2) is 6.64. The Hall–Kier alpha value is -2.71. The standard InChI is InChI=1S/C16H12F2N2O/c17-13-6-3-12(4-7-13)16(21)20-14-8-5-11(2-1-9-19)15(18)10-14/h3-8,10H,9,19H2,(H,20,21). The van der Waals surface area contributed by atoms with Crippen molar-refractivity contribution in [2.45, 2.75) is 0 Å². The molecular weight excluding hydrogens is 274 g/mol. The van der Waals surface area contributed by atoms with Crippen molar-refractivity contribution in [1.29, 1.82) is 0 Å². The van der Waals surface area contributed by atoms with Crippen LogP contribution >= 0.6 is 0 Å². The van der Waals surface area contributed by atoms with Crippen molar-refractivity contribution in [3.05, 3.63) is 65.2 Å². The molecular formula is C16H12F2N2O. The second-order valence-corrected chi connectivity index (χ2v) is 4.16. The third-order valence-electron chi connectivity index (χ3n) is 2.66. The first-order valence-corrected chi connectivity index (χ1v) is 6.15. The van der Waals surface area contributed by atoms with Crippen molar-refractivity contribution < 1.29 is 13.6 Å². The monoisotopic (exact) mass is 286 g/mol. The van der Waals surface area contributed by atoms with Crippen LogP contribution in [0.3, 0.4) is 0 Å². The van der Waals surface area contributed by atoms with Crippen LogP contribution in [0.15, 0.2) is 42.5 Å². The minimum Gasteiger partial charge on any atom is -0.322 e. The van der Waals surface area contributed by atoms with Gasteiger partial charge in [0.15, 0.2) is 0 Å². The molecule has 0 aliphatic rings. The van der Waals surface area contributed by atoms with Crippen molar-refractivity contribution in [3.8, 4) is 11.8 Å². The molecule has 2 rings (SSSR count). The maximum Gasteiger partial charge on any atom is 0.255 e. The van der Waals surface area contributed by atoms with Crippen LogP contribution in [-0.2, 0) is 0 Å². The van der Waals surface area contributed by atoms with E-state index in [-0.39, 0.29) is 17.7 Å². The van der Waals surface area contributed by atoms with Crippen molar-refractivity contribution in [2.24, 2.45) is 5.73 Å².